The van der Waals surface area contributed by atoms with Crippen LogP contribution in [0.15, 0.2) is 89.1 Å². The number of rotatable bonds is 4. The molecule has 0 radical (unpaired) electrons. The van der Waals surface area contributed by atoms with E-state index in [4.69, 9.17) is 33.3 Å². The van der Waals surface area contributed by atoms with E-state index in [1.165, 1.54) is 5.56 Å². The quantitative estimate of drug-likeness (QED) is 0.339. The Morgan fingerprint density at radius 2 is 1.64 bits per heavy atom. The molecular formula is C26H21ClN4OS. The summed E-state index contributed by atoms with van der Waals surface area (Å²) in [6, 6.07) is 25.5. The molecule has 2 heterocycles. The highest BCUT2D eigenvalue weighted by Crippen LogP contribution is 2.39. The number of benzene rings is 3. The molecule has 0 amide bonds. The molecule has 1 N–H and O–H groups in total. The molecule has 164 valence electrons. The van der Waals surface area contributed by atoms with Crippen LogP contribution in [0.5, 0.6) is 0 Å². The molecule has 1 unspecified atom stereocenters. The van der Waals surface area contributed by atoms with Gasteiger partial charge in [-0.05, 0) is 68.0 Å². The van der Waals surface area contributed by atoms with Gasteiger partial charge in [-0.1, -0.05) is 64.8 Å². The second-order valence-electron chi connectivity index (χ2n) is 7.89. The summed E-state index contributed by atoms with van der Waals surface area (Å²) in [5, 5.41) is 9.00. The molecule has 0 spiro atoms. The molecule has 5 rings (SSSR count). The van der Waals surface area contributed by atoms with Gasteiger partial charge in [0.25, 0.3) is 5.89 Å². The molecule has 0 bridgehead atoms. The van der Waals surface area contributed by atoms with Gasteiger partial charge < -0.3 is 9.84 Å². The highest BCUT2D eigenvalue weighted by atomic mass is 35.5. The van der Waals surface area contributed by atoms with Gasteiger partial charge in [0.05, 0.1) is 11.6 Å². The first-order chi connectivity index (χ1) is 16.0. The molecule has 4 aromatic rings. The molecule has 0 saturated heterocycles. The van der Waals surface area contributed by atoms with Crippen LogP contribution in [0.1, 0.15) is 30.0 Å². The molecular weight excluding hydrogens is 452 g/mol. The predicted molar refractivity (Wildman–Crippen MR) is 136 cm³/mol. The van der Waals surface area contributed by atoms with E-state index in [9.17, 15) is 0 Å². The number of allylic oxidation sites excluding steroid dienone is 1. The van der Waals surface area contributed by atoms with Gasteiger partial charge in [0.1, 0.15) is 0 Å². The molecule has 5 nitrogen and oxygen atoms in total. The molecule has 0 saturated carbocycles. The van der Waals surface area contributed by atoms with Crippen LogP contribution in [-0.4, -0.2) is 15.3 Å². The van der Waals surface area contributed by atoms with E-state index in [-0.39, 0.29) is 6.04 Å². The monoisotopic (exact) mass is 472 g/mol. The van der Waals surface area contributed by atoms with Gasteiger partial charge in [-0.25, -0.2) is 0 Å². The molecule has 1 aliphatic heterocycles. The summed E-state index contributed by atoms with van der Waals surface area (Å²) in [7, 11) is 0. The number of aromatic nitrogens is 2. The Bertz CT molecular complexity index is 1330. The topological polar surface area (TPSA) is 54.2 Å². The van der Waals surface area contributed by atoms with Crippen LogP contribution in [0.4, 0.5) is 5.69 Å². The maximum absolute atomic E-state index is 6.03. The van der Waals surface area contributed by atoms with Gasteiger partial charge in [0, 0.05) is 22.0 Å². The zero-order valence-corrected chi connectivity index (χ0v) is 19.7. The van der Waals surface area contributed by atoms with Crippen molar-refractivity contribution in [2.45, 2.75) is 19.9 Å². The van der Waals surface area contributed by atoms with E-state index in [0.717, 1.165) is 28.1 Å². The number of thiocarbonyl (C=S) groups is 1. The Morgan fingerprint density at radius 1 is 0.939 bits per heavy atom. The van der Waals surface area contributed by atoms with Crippen molar-refractivity contribution < 1.29 is 4.52 Å². The van der Waals surface area contributed by atoms with Crippen molar-refractivity contribution in [3.8, 4) is 11.4 Å². The number of nitrogens with zero attached hydrogens (tertiary/aromatic N) is 3. The lowest BCUT2D eigenvalue weighted by atomic mass is 9.94. The molecule has 1 aromatic heterocycles. The summed E-state index contributed by atoms with van der Waals surface area (Å²) in [6.07, 6.45) is 0. The second kappa shape index (κ2) is 8.81. The highest BCUT2D eigenvalue weighted by Gasteiger charge is 2.34. The van der Waals surface area contributed by atoms with Crippen molar-refractivity contribution >= 4 is 40.2 Å². The van der Waals surface area contributed by atoms with Crippen LogP contribution < -0.4 is 10.2 Å². The lowest BCUT2D eigenvalue weighted by Crippen LogP contribution is -2.46. The number of halogens is 1. The van der Waals surface area contributed by atoms with Crippen LogP contribution in [0.25, 0.3) is 17.0 Å². The minimum Gasteiger partial charge on any atom is -0.351 e. The number of hydrogen-bond acceptors (Lipinski definition) is 4. The van der Waals surface area contributed by atoms with Crippen LogP contribution in [0.2, 0.25) is 5.02 Å². The van der Waals surface area contributed by atoms with Gasteiger partial charge in [-0.2, -0.15) is 4.98 Å². The molecule has 1 atom stereocenters. The fourth-order valence-corrected chi connectivity index (χ4v) is 4.46. The van der Waals surface area contributed by atoms with E-state index in [2.05, 4.69) is 53.8 Å². The average Bonchev–Trinajstić information content (AvgIpc) is 3.30. The van der Waals surface area contributed by atoms with E-state index in [1.807, 2.05) is 54.3 Å². The van der Waals surface area contributed by atoms with Crippen LogP contribution in [0, 0.1) is 6.92 Å². The lowest BCUT2D eigenvalue weighted by Gasteiger charge is -2.37. The molecule has 33 heavy (non-hydrogen) atoms. The van der Waals surface area contributed by atoms with Crippen LogP contribution in [-0.2, 0) is 0 Å². The minimum absolute atomic E-state index is 0.223. The average molecular weight is 473 g/mol. The Balaban J connectivity index is 1.64. The van der Waals surface area contributed by atoms with Crippen LogP contribution >= 0.6 is 23.8 Å². The summed E-state index contributed by atoms with van der Waals surface area (Å²) in [4.78, 5) is 6.75. The molecule has 7 heteroatoms. The predicted octanol–water partition coefficient (Wildman–Crippen LogP) is 6.57. The maximum Gasteiger partial charge on any atom is 0.258 e. The zero-order valence-electron chi connectivity index (χ0n) is 18.1. The second-order valence-corrected chi connectivity index (χ2v) is 8.72. The highest BCUT2D eigenvalue weighted by molar-refractivity contribution is 7.80. The third-order valence-corrected chi connectivity index (χ3v) is 6.22. The smallest absolute Gasteiger partial charge is 0.258 e. The third-order valence-electron chi connectivity index (χ3n) is 5.67. The lowest BCUT2D eigenvalue weighted by molar-refractivity contribution is 0.404. The number of aryl methyl sites for hydroxylation is 1. The van der Waals surface area contributed by atoms with Crippen molar-refractivity contribution in [3.05, 3.63) is 107 Å². The first-order valence-corrected chi connectivity index (χ1v) is 11.3. The van der Waals surface area contributed by atoms with E-state index >= 15 is 0 Å². The minimum atomic E-state index is -0.223. The molecule has 0 fully saturated rings. The van der Waals surface area contributed by atoms with Crippen molar-refractivity contribution in [3.63, 3.8) is 0 Å². The van der Waals surface area contributed by atoms with E-state index in [0.29, 0.717) is 21.9 Å². The van der Waals surface area contributed by atoms with Gasteiger partial charge in [0.2, 0.25) is 5.82 Å². The first-order valence-electron chi connectivity index (χ1n) is 10.5. The van der Waals surface area contributed by atoms with Crippen molar-refractivity contribution in [1.82, 2.24) is 15.5 Å². The number of nitrogens with one attached hydrogen (secondary N) is 1. The zero-order chi connectivity index (χ0) is 22.9. The first kappa shape index (κ1) is 21.4. The van der Waals surface area contributed by atoms with Crippen molar-refractivity contribution in [1.29, 1.82) is 0 Å². The van der Waals surface area contributed by atoms with Gasteiger partial charge in [-0.15, -0.1) is 0 Å². The maximum atomic E-state index is 6.03. The fraction of sp³-hybridized carbons (Fsp3) is 0.115. The SMILES string of the molecule is CC1=C(c2nc(-c3ccc(Cl)cc3)no2)C(c2ccccc2)NC(=S)N1c1ccc(C)cc1. The number of anilines is 1. The number of hydrogen-bond donors (Lipinski definition) is 1. The summed E-state index contributed by atoms with van der Waals surface area (Å²) in [5.41, 5.74) is 5.86. The normalized spacial score (nSPS) is 16.2. The largest absolute Gasteiger partial charge is 0.351 e. The van der Waals surface area contributed by atoms with E-state index in [1.54, 1.807) is 0 Å². The summed E-state index contributed by atoms with van der Waals surface area (Å²) in [6.45, 7) is 4.09. The van der Waals surface area contributed by atoms with Crippen molar-refractivity contribution in [2.24, 2.45) is 0 Å². The Labute approximate surface area is 202 Å². The van der Waals surface area contributed by atoms with Gasteiger partial charge in [-0.3, -0.25) is 4.90 Å². The summed E-state index contributed by atoms with van der Waals surface area (Å²) in [5.74, 6) is 0.947. The summed E-state index contributed by atoms with van der Waals surface area (Å²) >= 11 is 11.8. The Kier molecular flexibility index (Phi) is 5.70. The van der Waals surface area contributed by atoms with E-state index < -0.39 is 0 Å². The molecule has 3 aromatic carbocycles. The Hall–Kier alpha value is -3.48. The van der Waals surface area contributed by atoms with Gasteiger partial charge in [0.15, 0.2) is 5.11 Å². The Morgan fingerprint density at radius 3 is 2.33 bits per heavy atom. The van der Waals surface area contributed by atoms with Crippen LogP contribution in [0.3, 0.4) is 0 Å². The van der Waals surface area contributed by atoms with Gasteiger partial charge >= 0.3 is 0 Å². The third kappa shape index (κ3) is 4.15. The molecule has 1 aliphatic rings. The standard InChI is InChI=1S/C26H21ClN4OS/c1-16-8-14-21(15-9-16)31-17(2)22(23(28-26(31)33)18-6-4-3-5-7-18)25-29-24(30-32-25)19-10-12-20(27)13-11-19/h3-15,23H,1-2H3,(H,28,33). The summed E-state index contributed by atoms with van der Waals surface area (Å²) < 4.78 is 5.79. The molecule has 0 aliphatic carbocycles. The van der Waals surface area contributed by atoms with Crippen molar-refractivity contribution in [2.75, 3.05) is 4.90 Å². The fourth-order valence-electron chi connectivity index (χ4n) is 3.97.